The number of fused-ring (bicyclic) bond motifs is 2. The summed E-state index contributed by atoms with van der Waals surface area (Å²) in [7, 11) is 2.08. The third-order valence-electron chi connectivity index (χ3n) is 6.97. The van der Waals surface area contributed by atoms with Gasteiger partial charge in [-0.2, -0.15) is 0 Å². The van der Waals surface area contributed by atoms with Gasteiger partial charge in [0.05, 0.1) is 18.6 Å². The summed E-state index contributed by atoms with van der Waals surface area (Å²) in [5.74, 6) is 1.20. The van der Waals surface area contributed by atoms with Gasteiger partial charge >= 0.3 is 0 Å². The zero-order chi connectivity index (χ0) is 19.5. The molecule has 4 heterocycles. The fourth-order valence-electron chi connectivity index (χ4n) is 5.31. The Labute approximate surface area is 170 Å². The molecule has 1 saturated heterocycles. The Morgan fingerprint density at radius 3 is 2.96 bits per heavy atom. The van der Waals surface area contributed by atoms with E-state index in [0.717, 1.165) is 68.3 Å². The first-order valence-electron chi connectivity index (χ1n) is 10.5. The number of hydrogen-bond acceptors (Lipinski definition) is 5. The standard InChI is InChI=1S/C21H29N5OS/c1-4-15-9-16(15)20(27)26-7-5-17-19(22-13-24(17)3)21(26)6-8-25(12-21)10-18-23-14(2)11-28-18/h11,13,15-16H,4-10,12H2,1-3H3/t15-,16-,21?/m1/s1. The quantitative estimate of drug-likeness (QED) is 0.793. The molecule has 1 unspecified atom stereocenters. The first-order valence-corrected chi connectivity index (χ1v) is 11.4. The Balaban J connectivity index is 1.45. The number of aryl methyl sites for hydroxylation is 2. The molecule has 0 N–H and O–H groups in total. The van der Waals surface area contributed by atoms with Crippen LogP contribution in [-0.4, -0.2) is 49.9 Å². The van der Waals surface area contributed by atoms with Crippen LogP contribution in [0.25, 0.3) is 0 Å². The molecule has 1 spiro atoms. The van der Waals surface area contributed by atoms with Gasteiger partial charge in [0.15, 0.2) is 0 Å². The fourth-order valence-corrected chi connectivity index (χ4v) is 6.12. The van der Waals surface area contributed by atoms with Gasteiger partial charge < -0.3 is 9.47 Å². The van der Waals surface area contributed by atoms with Gasteiger partial charge in [0.25, 0.3) is 0 Å². The van der Waals surface area contributed by atoms with Crippen LogP contribution in [0.15, 0.2) is 11.7 Å². The molecule has 6 nitrogen and oxygen atoms in total. The van der Waals surface area contributed by atoms with Crippen molar-refractivity contribution in [3.8, 4) is 0 Å². The molecule has 1 aliphatic carbocycles. The summed E-state index contributed by atoms with van der Waals surface area (Å²) in [6.45, 7) is 7.79. The maximum atomic E-state index is 13.4. The van der Waals surface area contributed by atoms with Gasteiger partial charge in [0.1, 0.15) is 10.5 Å². The number of thiazole rings is 1. The van der Waals surface area contributed by atoms with E-state index < -0.39 is 0 Å². The molecule has 150 valence electrons. The molecular formula is C21H29N5OS. The van der Waals surface area contributed by atoms with Crippen LogP contribution in [0.1, 0.15) is 48.3 Å². The van der Waals surface area contributed by atoms with E-state index >= 15 is 0 Å². The van der Waals surface area contributed by atoms with Crippen LogP contribution in [0.2, 0.25) is 0 Å². The smallest absolute Gasteiger partial charge is 0.226 e. The summed E-state index contributed by atoms with van der Waals surface area (Å²) in [5.41, 5.74) is 3.27. The largest absolute Gasteiger partial charge is 0.337 e. The Morgan fingerprint density at radius 1 is 1.39 bits per heavy atom. The van der Waals surface area contributed by atoms with Crippen molar-refractivity contribution < 1.29 is 4.79 Å². The predicted molar refractivity (Wildman–Crippen MR) is 109 cm³/mol. The Hall–Kier alpha value is -1.73. The van der Waals surface area contributed by atoms with E-state index in [1.54, 1.807) is 11.3 Å². The van der Waals surface area contributed by atoms with Crippen LogP contribution in [-0.2, 0) is 30.3 Å². The van der Waals surface area contributed by atoms with Crippen molar-refractivity contribution in [3.63, 3.8) is 0 Å². The molecule has 7 heteroatoms. The first kappa shape index (κ1) is 18.3. The van der Waals surface area contributed by atoms with Crippen molar-refractivity contribution in [1.82, 2.24) is 24.3 Å². The van der Waals surface area contributed by atoms with E-state index in [-0.39, 0.29) is 11.5 Å². The fraction of sp³-hybridized carbons (Fsp3) is 0.667. The lowest BCUT2D eigenvalue weighted by Crippen LogP contribution is -2.55. The van der Waals surface area contributed by atoms with Crippen molar-refractivity contribution in [1.29, 1.82) is 0 Å². The third kappa shape index (κ3) is 2.82. The highest BCUT2D eigenvalue weighted by atomic mass is 32.1. The molecule has 0 radical (unpaired) electrons. The van der Waals surface area contributed by atoms with E-state index in [2.05, 4.69) is 38.7 Å². The highest BCUT2D eigenvalue weighted by Crippen LogP contribution is 2.48. The molecule has 1 amide bonds. The van der Waals surface area contributed by atoms with Crippen LogP contribution in [0.5, 0.6) is 0 Å². The molecule has 2 aromatic rings. The van der Waals surface area contributed by atoms with Gasteiger partial charge in [-0.1, -0.05) is 13.3 Å². The first-order chi connectivity index (χ1) is 13.5. The number of imidazole rings is 1. The summed E-state index contributed by atoms with van der Waals surface area (Å²) in [6, 6.07) is 0. The lowest BCUT2D eigenvalue weighted by atomic mass is 9.85. The molecule has 5 rings (SSSR count). The summed E-state index contributed by atoms with van der Waals surface area (Å²) in [4.78, 5) is 27.6. The second-order valence-corrected chi connectivity index (χ2v) is 9.72. The van der Waals surface area contributed by atoms with Crippen LogP contribution in [0.4, 0.5) is 0 Å². The molecule has 0 aromatic carbocycles. The number of aromatic nitrogens is 3. The molecule has 0 bridgehead atoms. The second-order valence-electron chi connectivity index (χ2n) is 8.78. The predicted octanol–water partition coefficient (Wildman–Crippen LogP) is 2.72. The zero-order valence-electron chi connectivity index (χ0n) is 17.0. The van der Waals surface area contributed by atoms with E-state index in [1.165, 1.54) is 5.69 Å². The number of hydrogen-bond donors (Lipinski definition) is 0. The highest BCUT2D eigenvalue weighted by Gasteiger charge is 2.55. The Bertz CT molecular complexity index is 904. The average Bonchev–Trinajstić information content (AvgIpc) is 2.94. The average molecular weight is 400 g/mol. The number of carbonyl (C=O) groups is 1. The maximum absolute atomic E-state index is 13.4. The van der Waals surface area contributed by atoms with E-state index in [9.17, 15) is 4.79 Å². The van der Waals surface area contributed by atoms with Crippen molar-refractivity contribution in [2.24, 2.45) is 18.9 Å². The van der Waals surface area contributed by atoms with E-state index in [1.807, 2.05) is 13.3 Å². The molecular weight excluding hydrogens is 370 g/mol. The number of nitrogens with zero attached hydrogens (tertiary/aromatic N) is 5. The zero-order valence-corrected chi connectivity index (χ0v) is 17.8. The Kier molecular flexibility index (Phi) is 4.36. The number of amides is 1. The maximum Gasteiger partial charge on any atom is 0.226 e. The van der Waals surface area contributed by atoms with Crippen molar-refractivity contribution in [3.05, 3.63) is 33.8 Å². The van der Waals surface area contributed by atoms with Crippen LogP contribution in [0, 0.1) is 18.8 Å². The number of likely N-dealkylation sites (tertiary alicyclic amines) is 1. The molecule has 1 saturated carbocycles. The third-order valence-corrected chi connectivity index (χ3v) is 7.92. The summed E-state index contributed by atoms with van der Waals surface area (Å²) in [5, 5.41) is 3.28. The van der Waals surface area contributed by atoms with Crippen molar-refractivity contribution in [2.75, 3.05) is 19.6 Å². The van der Waals surface area contributed by atoms with Crippen LogP contribution >= 0.6 is 11.3 Å². The van der Waals surface area contributed by atoms with Gasteiger partial charge in [0.2, 0.25) is 5.91 Å². The molecule has 2 aliphatic heterocycles. The summed E-state index contributed by atoms with van der Waals surface area (Å²) in [6.07, 6.45) is 5.99. The molecule has 2 fully saturated rings. The second kappa shape index (κ2) is 6.66. The van der Waals surface area contributed by atoms with Crippen LogP contribution < -0.4 is 0 Å². The van der Waals surface area contributed by atoms with E-state index in [4.69, 9.17) is 4.98 Å². The van der Waals surface area contributed by atoms with Gasteiger partial charge in [-0.3, -0.25) is 9.69 Å². The van der Waals surface area contributed by atoms with Gasteiger partial charge in [0, 0.05) is 55.8 Å². The number of carbonyl (C=O) groups excluding carboxylic acids is 1. The molecule has 3 aliphatic rings. The van der Waals surface area contributed by atoms with Gasteiger partial charge in [-0.15, -0.1) is 11.3 Å². The SMILES string of the molecule is CC[C@@H]1C[C@H]1C(=O)N1CCc2c(ncn2C)C12CCN(Cc1nc(C)cs1)C2. The minimum atomic E-state index is -0.265. The van der Waals surface area contributed by atoms with Crippen LogP contribution in [0.3, 0.4) is 0 Å². The Morgan fingerprint density at radius 2 is 2.25 bits per heavy atom. The molecule has 2 aromatic heterocycles. The molecule has 3 atom stereocenters. The normalized spacial score (nSPS) is 29.5. The summed E-state index contributed by atoms with van der Waals surface area (Å²) >= 11 is 1.73. The van der Waals surface area contributed by atoms with E-state index in [0.29, 0.717) is 11.8 Å². The lowest BCUT2D eigenvalue weighted by Gasteiger charge is -2.44. The topological polar surface area (TPSA) is 54.3 Å². The summed E-state index contributed by atoms with van der Waals surface area (Å²) < 4.78 is 2.15. The minimum Gasteiger partial charge on any atom is -0.337 e. The van der Waals surface area contributed by atoms with Crippen molar-refractivity contribution >= 4 is 17.2 Å². The lowest BCUT2D eigenvalue weighted by molar-refractivity contribution is -0.140. The van der Waals surface area contributed by atoms with Crippen molar-refractivity contribution in [2.45, 2.75) is 51.6 Å². The van der Waals surface area contributed by atoms with Gasteiger partial charge in [-0.05, 0) is 25.7 Å². The minimum absolute atomic E-state index is 0.239. The highest BCUT2D eigenvalue weighted by molar-refractivity contribution is 7.09. The monoisotopic (exact) mass is 399 g/mol. The molecule has 28 heavy (non-hydrogen) atoms. The van der Waals surface area contributed by atoms with Gasteiger partial charge in [-0.25, -0.2) is 9.97 Å². The number of rotatable bonds is 4.